The fourth-order valence-electron chi connectivity index (χ4n) is 2.51. The predicted octanol–water partition coefficient (Wildman–Crippen LogP) is 2.09. The van der Waals surface area contributed by atoms with Crippen molar-refractivity contribution in [3.05, 3.63) is 35.4 Å². The number of nitrogens with two attached hydrogens (primary N) is 1. The van der Waals surface area contributed by atoms with Crippen molar-refractivity contribution < 1.29 is 0 Å². The Balaban J connectivity index is 2.15. The highest BCUT2D eigenvalue weighted by molar-refractivity contribution is 5.25. The first-order chi connectivity index (χ1) is 7.31. The summed E-state index contributed by atoms with van der Waals surface area (Å²) in [5.41, 5.74) is 8.45. The van der Waals surface area contributed by atoms with Crippen LogP contribution in [0.4, 0.5) is 0 Å². The maximum Gasteiger partial charge on any atom is 0.0349 e. The summed E-state index contributed by atoms with van der Waals surface area (Å²) >= 11 is 0. The largest absolute Gasteiger partial charge is 0.329 e. The lowest BCUT2D eigenvalue weighted by Crippen LogP contribution is -2.29. The number of likely N-dealkylation sites (tertiary alicyclic amines) is 1. The molecular formula is C13H20N2. The molecule has 15 heavy (non-hydrogen) atoms. The summed E-state index contributed by atoms with van der Waals surface area (Å²) in [7, 11) is 0. The van der Waals surface area contributed by atoms with Crippen LogP contribution in [0.5, 0.6) is 0 Å². The minimum Gasteiger partial charge on any atom is -0.329 e. The number of hydrogen-bond donors (Lipinski definition) is 1. The van der Waals surface area contributed by atoms with Crippen molar-refractivity contribution in [1.29, 1.82) is 0 Å². The van der Waals surface area contributed by atoms with Crippen LogP contribution in [0.1, 0.15) is 30.0 Å². The minimum absolute atomic E-state index is 0.605. The molecule has 0 amide bonds. The Morgan fingerprint density at radius 2 is 2.33 bits per heavy atom. The molecule has 0 aromatic heterocycles. The number of nitrogens with zero attached hydrogens (tertiary/aromatic N) is 1. The average Bonchev–Trinajstić information content (AvgIpc) is 2.66. The molecule has 1 aromatic rings. The van der Waals surface area contributed by atoms with Crippen LogP contribution in [-0.4, -0.2) is 24.5 Å². The van der Waals surface area contributed by atoms with Crippen molar-refractivity contribution in [3.63, 3.8) is 0 Å². The number of hydrogen-bond acceptors (Lipinski definition) is 2. The van der Waals surface area contributed by atoms with E-state index in [4.69, 9.17) is 5.73 Å². The molecule has 0 aliphatic carbocycles. The molecule has 1 aromatic carbocycles. The summed E-state index contributed by atoms with van der Waals surface area (Å²) in [5, 5.41) is 0. The quantitative estimate of drug-likeness (QED) is 0.817. The van der Waals surface area contributed by atoms with Gasteiger partial charge in [-0.2, -0.15) is 0 Å². The van der Waals surface area contributed by atoms with E-state index in [2.05, 4.69) is 36.1 Å². The molecule has 1 heterocycles. The van der Waals surface area contributed by atoms with Crippen LogP contribution in [0.3, 0.4) is 0 Å². The van der Waals surface area contributed by atoms with Gasteiger partial charge in [0.15, 0.2) is 0 Å². The molecule has 0 radical (unpaired) electrons. The Hall–Kier alpha value is -0.860. The van der Waals surface area contributed by atoms with E-state index in [9.17, 15) is 0 Å². The van der Waals surface area contributed by atoms with Gasteiger partial charge in [0, 0.05) is 19.1 Å². The van der Waals surface area contributed by atoms with Crippen LogP contribution in [0.15, 0.2) is 24.3 Å². The van der Waals surface area contributed by atoms with Crippen molar-refractivity contribution in [2.75, 3.05) is 19.6 Å². The predicted molar refractivity (Wildman–Crippen MR) is 63.8 cm³/mol. The SMILES string of the molecule is Cc1cccc(C2CCCN2CCN)c1. The smallest absolute Gasteiger partial charge is 0.0349 e. The van der Waals surface area contributed by atoms with Crippen LogP contribution in [-0.2, 0) is 0 Å². The van der Waals surface area contributed by atoms with Crippen molar-refractivity contribution in [3.8, 4) is 0 Å². The van der Waals surface area contributed by atoms with Gasteiger partial charge in [0.05, 0.1) is 0 Å². The third-order valence-electron chi connectivity index (χ3n) is 3.21. The van der Waals surface area contributed by atoms with Gasteiger partial charge in [-0.15, -0.1) is 0 Å². The first-order valence-corrected chi connectivity index (χ1v) is 5.82. The maximum absolute atomic E-state index is 5.64. The highest BCUT2D eigenvalue weighted by atomic mass is 15.2. The van der Waals surface area contributed by atoms with Crippen molar-refractivity contribution in [2.24, 2.45) is 5.73 Å². The number of rotatable bonds is 3. The zero-order chi connectivity index (χ0) is 10.7. The minimum atomic E-state index is 0.605. The van der Waals surface area contributed by atoms with Crippen molar-refractivity contribution in [2.45, 2.75) is 25.8 Å². The van der Waals surface area contributed by atoms with Crippen LogP contribution >= 0.6 is 0 Å². The monoisotopic (exact) mass is 204 g/mol. The van der Waals surface area contributed by atoms with Gasteiger partial charge in [0.2, 0.25) is 0 Å². The molecule has 2 N–H and O–H groups in total. The van der Waals surface area contributed by atoms with Gasteiger partial charge in [0.1, 0.15) is 0 Å². The van der Waals surface area contributed by atoms with Gasteiger partial charge in [-0.05, 0) is 31.9 Å². The van der Waals surface area contributed by atoms with Gasteiger partial charge in [-0.1, -0.05) is 29.8 Å². The first kappa shape index (κ1) is 10.7. The lowest BCUT2D eigenvalue weighted by Gasteiger charge is -2.24. The van der Waals surface area contributed by atoms with Gasteiger partial charge >= 0.3 is 0 Å². The van der Waals surface area contributed by atoms with E-state index < -0.39 is 0 Å². The molecule has 0 saturated carbocycles. The summed E-state index contributed by atoms with van der Waals surface area (Å²) in [6, 6.07) is 9.47. The number of aryl methyl sites for hydroxylation is 1. The normalized spacial score (nSPS) is 22.1. The maximum atomic E-state index is 5.64. The Kier molecular flexibility index (Phi) is 3.39. The van der Waals surface area contributed by atoms with E-state index >= 15 is 0 Å². The van der Waals surface area contributed by atoms with E-state index in [0.717, 1.165) is 13.1 Å². The van der Waals surface area contributed by atoms with Gasteiger partial charge in [-0.25, -0.2) is 0 Å². The molecule has 1 fully saturated rings. The Morgan fingerprint density at radius 3 is 3.07 bits per heavy atom. The molecular weight excluding hydrogens is 184 g/mol. The third kappa shape index (κ3) is 2.39. The second kappa shape index (κ2) is 4.77. The van der Waals surface area contributed by atoms with Gasteiger partial charge in [-0.3, -0.25) is 4.90 Å². The Morgan fingerprint density at radius 1 is 1.47 bits per heavy atom. The fourth-order valence-corrected chi connectivity index (χ4v) is 2.51. The Labute approximate surface area is 92.1 Å². The van der Waals surface area contributed by atoms with E-state index in [1.165, 1.54) is 30.5 Å². The zero-order valence-corrected chi connectivity index (χ0v) is 9.45. The van der Waals surface area contributed by atoms with Gasteiger partial charge < -0.3 is 5.73 Å². The zero-order valence-electron chi connectivity index (χ0n) is 9.45. The number of benzene rings is 1. The topological polar surface area (TPSA) is 29.3 Å². The molecule has 1 aliphatic rings. The van der Waals surface area contributed by atoms with Crippen molar-refractivity contribution >= 4 is 0 Å². The molecule has 1 atom stereocenters. The average molecular weight is 204 g/mol. The molecule has 1 aliphatic heterocycles. The summed E-state index contributed by atoms with van der Waals surface area (Å²) in [5.74, 6) is 0. The summed E-state index contributed by atoms with van der Waals surface area (Å²) in [4.78, 5) is 2.51. The molecule has 0 bridgehead atoms. The summed E-state index contributed by atoms with van der Waals surface area (Å²) < 4.78 is 0. The molecule has 2 nitrogen and oxygen atoms in total. The second-order valence-electron chi connectivity index (χ2n) is 4.40. The highest BCUT2D eigenvalue weighted by Crippen LogP contribution is 2.31. The standard InChI is InChI=1S/C13H20N2/c1-11-4-2-5-12(10-11)13-6-3-8-15(13)9-7-14/h2,4-5,10,13H,3,6-9,14H2,1H3. The third-order valence-corrected chi connectivity index (χ3v) is 3.21. The molecule has 2 heteroatoms. The van der Waals surface area contributed by atoms with Crippen LogP contribution in [0.25, 0.3) is 0 Å². The molecule has 82 valence electrons. The molecule has 2 rings (SSSR count). The molecule has 0 spiro atoms. The summed E-state index contributed by atoms with van der Waals surface area (Å²) in [6.07, 6.45) is 2.59. The van der Waals surface area contributed by atoms with Crippen LogP contribution in [0.2, 0.25) is 0 Å². The highest BCUT2D eigenvalue weighted by Gasteiger charge is 2.24. The lowest BCUT2D eigenvalue weighted by molar-refractivity contribution is 0.264. The van der Waals surface area contributed by atoms with E-state index in [0.29, 0.717) is 6.04 Å². The van der Waals surface area contributed by atoms with E-state index in [1.54, 1.807) is 0 Å². The van der Waals surface area contributed by atoms with Crippen molar-refractivity contribution in [1.82, 2.24) is 4.90 Å². The lowest BCUT2D eigenvalue weighted by atomic mass is 10.0. The summed E-state index contributed by atoms with van der Waals surface area (Å²) in [6.45, 7) is 5.16. The van der Waals surface area contributed by atoms with E-state index in [1.807, 2.05) is 0 Å². The molecule has 1 unspecified atom stereocenters. The Bertz CT molecular complexity index is 322. The van der Waals surface area contributed by atoms with Gasteiger partial charge in [0.25, 0.3) is 0 Å². The van der Waals surface area contributed by atoms with Crippen LogP contribution < -0.4 is 5.73 Å². The second-order valence-corrected chi connectivity index (χ2v) is 4.40. The molecule has 1 saturated heterocycles. The fraction of sp³-hybridized carbons (Fsp3) is 0.538. The van der Waals surface area contributed by atoms with Crippen LogP contribution in [0, 0.1) is 6.92 Å². The van der Waals surface area contributed by atoms with E-state index in [-0.39, 0.29) is 0 Å². The first-order valence-electron chi connectivity index (χ1n) is 5.82.